The number of carboxylic acid groups (broad SMARTS) is 1. The van der Waals surface area contributed by atoms with E-state index in [1.54, 1.807) is 13.0 Å². The molecule has 1 amide bonds. The van der Waals surface area contributed by atoms with Crippen LogP contribution in [-0.2, 0) is 9.59 Å². The number of hydrogen-bond donors (Lipinski definition) is 1. The number of rotatable bonds is 3. The molecule has 21 heavy (non-hydrogen) atoms. The zero-order valence-electron chi connectivity index (χ0n) is 12.5. The molecule has 1 N–H and O–H groups in total. The Morgan fingerprint density at radius 2 is 1.90 bits per heavy atom. The third-order valence-electron chi connectivity index (χ3n) is 4.11. The predicted molar refractivity (Wildman–Crippen MR) is 81.8 cm³/mol. The second kappa shape index (κ2) is 6.12. The highest BCUT2D eigenvalue weighted by molar-refractivity contribution is 5.95. The van der Waals surface area contributed by atoms with Crippen LogP contribution in [0.1, 0.15) is 37.3 Å². The largest absolute Gasteiger partial charge is 0.480 e. The Balaban J connectivity index is 2.14. The highest BCUT2D eigenvalue weighted by Gasteiger charge is 2.43. The molecule has 1 fully saturated rings. The minimum absolute atomic E-state index is 0.236. The summed E-state index contributed by atoms with van der Waals surface area (Å²) in [5.41, 5.74) is 1.00. The Bertz CT molecular complexity index is 562. The molecule has 1 aromatic carbocycles. The van der Waals surface area contributed by atoms with Gasteiger partial charge in [-0.05, 0) is 44.7 Å². The average Bonchev–Trinajstić information content (AvgIpc) is 2.46. The first-order valence-corrected chi connectivity index (χ1v) is 7.23. The van der Waals surface area contributed by atoms with Gasteiger partial charge in [-0.2, -0.15) is 0 Å². The van der Waals surface area contributed by atoms with Crippen molar-refractivity contribution in [1.29, 1.82) is 0 Å². The van der Waals surface area contributed by atoms with Crippen LogP contribution in [0.5, 0.6) is 0 Å². The number of benzene rings is 1. The van der Waals surface area contributed by atoms with E-state index in [1.165, 1.54) is 11.0 Å². The highest BCUT2D eigenvalue weighted by Crippen LogP contribution is 2.28. The third kappa shape index (κ3) is 3.32. The number of likely N-dealkylation sites (tertiary alicyclic amines) is 1. The van der Waals surface area contributed by atoms with Crippen molar-refractivity contribution in [1.82, 2.24) is 4.90 Å². The van der Waals surface area contributed by atoms with Crippen molar-refractivity contribution in [2.45, 2.75) is 38.6 Å². The van der Waals surface area contributed by atoms with Crippen molar-refractivity contribution in [3.8, 4) is 0 Å². The van der Waals surface area contributed by atoms with Gasteiger partial charge in [0, 0.05) is 12.6 Å². The van der Waals surface area contributed by atoms with E-state index in [2.05, 4.69) is 0 Å². The van der Waals surface area contributed by atoms with Crippen LogP contribution in [0.2, 0.25) is 0 Å². The lowest BCUT2D eigenvalue weighted by molar-refractivity contribution is -0.158. The summed E-state index contributed by atoms with van der Waals surface area (Å²) < 4.78 is 0. The van der Waals surface area contributed by atoms with Gasteiger partial charge in [0.1, 0.15) is 5.54 Å². The van der Waals surface area contributed by atoms with Gasteiger partial charge in [0.2, 0.25) is 5.91 Å². The molecule has 4 heteroatoms. The predicted octanol–water partition coefficient (Wildman–Crippen LogP) is 2.86. The van der Waals surface area contributed by atoms with E-state index in [1.807, 2.05) is 31.2 Å². The summed E-state index contributed by atoms with van der Waals surface area (Å²) in [6, 6.07) is 7.83. The quantitative estimate of drug-likeness (QED) is 0.870. The van der Waals surface area contributed by atoms with Crippen LogP contribution >= 0.6 is 0 Å². The molecule has 2 rings (SSSR count). The Morgan fingerprint density at radius 1 is 1.24 bits per heavy atom. The molecule has 0 bridgehead atoms. The normalized spacial score (nSPS) is 22.5. The second-order valence-electron chi connectivity index (χ2n) is 5.77. The first-order chi connectivity index (χ1) is 9.93. The molecule has 1 aliphatic rings. The third-order valence-corrected chi connectivity index (χ3v) is 4.11. The highest BCUT2D eigenvalue weighted by atomic mass is 16.4. The number of carbonyl (C=O) groups is 2. The first kappa shape index (κ1) is 15.3. The number of carbonyl (C=O) groups excluding carboxylic acids is 1. The van der Waals surface area contributed by atoms with Crippen molar-refractivity contribution >= 4 is 18.0 Å². The van der Waals surface area contributed by atoms with E-state index in [-0.39, 0.29) is 5.91 Å². The maximum Gasteiger partial charge on any atom is 0.329 e. The number of hydrogen-bond acceptors (Lipinski definition) is 2. The lowest BCUT2D eigenvalue weighted by Gasteiger charge is -2.41. The van der Waals surface area contributed by atoms with Gasteiger partial charge in [0.05, 0.1) is 0 Å². The minimum Gasteiger partial charge on any atom is -0.480 e. The molecule has 1 atom stereocenters. The molecule has 0 saturated carbocycles. The SMILES string of the molecule is Cc1ccc(/C=C/C(=O)N2CCCCC2(C)C(=O)O)cc1. The summed E-state index contributed by atoms with van der Waals surface area (Å²) in [6.07, 6.45) is 5.41. The van der Waals surface area contributed by atoms with Gasteiger partial charge < -0.3 is 10.0 Å². The van der Waals surface area contributed by atoms with Gasteiger partial charge >= 0.3 is 5.97 Å². The standard InChI is InChI=1S/C17H21NO3/c1-13-5-7-14(8-6-13)9-10-15(19)18-12-4-3-11-17(18,2)16(20)21/h5-10H,3-4,11-12H2,1-2H3,(H,20,21)/b10-9+. The van der Waals surface area contributed by atoms with E-state index in [4.69, 9.17) is 0 Å². The Morgan fingerprint density at radius 3 is 2.52 bits per heavy atom. The van der Waals surface area contributed by atoms with Gasteiger partial charge in [-0.25, -0.2) is 4.79 Å². The molecule has 1 saturated heterocycles. The van der Waals surface area contributed by atoms with E-state index >= 15 is 0 Å². The van der Waals surface area contributed by atoms with Crippen molar-refractivity contribution in [3.05, 3.63) is 41.5 Å². The molecule has 1 unspecified atom stereocenters. The smallest absolute Gasteiger partial charge is 0.329 e. The van der Waals surface area contributed by atoms with Crippen molar-refractivity contribution in [3.63, 3.8) is 0 Å². The molecule has 4 nitrogen and oxygen atoms in total. The zero-order valence-corrected chi connectivity index (χ0v) is 12.5. The molecule has 0 aliphatic carbocycles. The van der Waals surface area contributed by atoms with Crippen molar-refractivity contribution < 1.29 is 14.7 Å². The van der Waals surface area contributed by atoms with Crippen LogP contribution < -0.4 is 0 Å². The molecule has 0 radical (unpaired) electrons. The summed E-state index contributed by atoms with van der Waals surface area (Å²) in [4.78, 5) is 25.3. The Hall–Kier alpha value is -2.10. The summed E-state index contributed by atoms with van der Waals surface area (Å²) in [5, 5.41) is 9.41. The maximum absolute atomic E-state index is 12.3. The molecule has 0 spiro atoms. The van der Waals surface area contributed by atoms with E-state index in [9.17, 15) is 14.7 Å². The van der Waals surface area contributed by atoms with Gasteiger partial charge in [-0.1, -0.05) is 29.8 Å². The summed E-state index contributed by atoms with van der Waals surface area (Å²) >= 11 is 0. The lowest BCUT2D eigenvalue weighted by atomic mass is 9.88. The van der Waals surface area contributed by atoms with Gasteiger partial charge in [0.25, 0.3) is 0 Å². The molecule has 112 valence electrons. The number of aryl methyl sites for hydroxylation is 1. The summed E-state index contributed by atoms with van der Waals surface area (Å²) in [7, 11) is 0. The molecular formula is C17H21NO3. The van der Waals surface area contributed by atoms with Crippen LogP contribution in [0.25, 0.3) is 6.08 Å². The fourth-order valence-corrected chi connectivity index (χ4v) is 2.63. The second-order valence-corrected chi connectivity index (χ2v) is 5.77. The van der Waals surface area contributed by atoms with Gasteiger partial charge in [-0.15, -0.1) is 0 Å². The van der Waals surface area contributed by atoms with Crippen LogP contribution in [-0.4, -0.2) is 34.0 Å². The Kier molecular flexibility index (Phi) is 4.46. The van der Waals surface area contributed by atoms with Gasteiger partial charge in [0.15, 0.2) is 0 Å². The van der Waals surface area contributed by atoms with Crippen LogP contribution in [0, 0.1) is 6.92 Å². The average molecular weight is 287 g/mol. The van der Waals surface area contributed by atoms with E-state index < -0.39 is 11.5 Å². The van der Waals surface area contributed by atoms with Crippen molar-refractivity contribution in [2.75, 3.05) is 6.54 Å². The zero-order chi connectivity index (χ0) is 15.5. The van der Waals surface area contributed by atoms with Gasteiger partial charge in [-0.3, -0.25) is 4.79 Å². The van der Waals surface area contributed by atoms with E-state index in [0.29, 0.717) is 13.0 Å². The van der Waals surface area contributed by atoms with Crippen LogP contribution in [0.4, 0.5) is 0 Å². The fourth-order valence-electron chi connectivity index (χ4n) is 2.63. The maximum atomic E-state index is 12.3. The minimum atomic E-state index is -1.09. The van der Waals surface area contributed by atoms with Crippen molar-refractivity contribution in [2.24, 2.45) is 0 Å². The van der Waals surface area contributed by atoms with E-state index in [0.717, 1.165) is 24.0 Å². The summed E-state index contributed by atoms with van der Waals surface area (Å²) in [5.74, 6) is -1.17. The molecule has 1 aliphatic heterocycles. The molecule has 0 aromatic heterocycles. The molecule has 1 aromatic rings. The van der Waals surface area contributed by atoms with Crippen LogP contribution in [0.15, 0.2) is 30.3 Å². The Labute approximate surface area is 125 Å². The molecule has 1 heterocycles. The molecular weight excluding hydrogens is 266 g/mol. The monoisotopic (exact) mass is 287 g/mol. The number of piperidine rings is 1. The van der Waals surface area contributed by atoms with Crippen LogP contribution in [0.3, 0.4) is 0 Å². The first-order valence-electron chi connectivity index (χ1n) is 7.23. The summed E-state index contributed by atoms with van der Waals surface area (Å²) in [6.45, 7) is 4.14. The number of carboxylic acids is 1. The number of amides is 1. The topological polar surface area (TPSA) is 57.6 Å². The lowest BCUT2D eigenvalue weighted by Crippen LogP contribution is -2.57. The fraction of sp³-hybridized carbons (Fsp3) is 0.412. The number of aliphatic carboxylic acids is 1. The number of nitrogens with zero attached hydrogens (tertiary/aromatic N) is 1.